The van der Waals surface area contributed by atoms with E-state index in [0.29, 0.717) is 20.6 Å². The van der Waals surface area contributed by atoms with Gasteiger partial charge < -0.3 is 19.7 Å². The Kier molecular flexibility index (Phi) is 7.66. The van der Waals surface area contributed by atoms with Crippen molar-refractivity contribution in [1.82, 2.24) is 5.43 Å². The smallest absolute Gasteiger partial charge is 0.335 e. The molecule has 3 rings (SSSR count). The third kappa shape index (κ3) is 5.97. The number of methoxy groups -OCH3 is 1. The molecule has 0 radical (unpaired) electrons. The molecule has 0 saturated heterocycles. The molecule has 0 aromatic heterocycles. The Morgan fingerprint density at radius 3 is 2.41 bits per heavy atom. The Balaban J connectivity index is 1.62. The summed E-state index contributed by atoms with van der Waals surface area (Å²) in [4.78, 5) is 23.1. The van der Waals surface area contributed by atoms with E-state index in [4.69, 9.17) is 14.6 Å². The van der Waals surface area contributed by atoms with Gasteiger partial charge in [-0.3, -0.25) is 4.79 Å². The maximum Gasteiger partial charge on any atom is 0.335 e. The van der Waals surface area contributed by atoms with E-state index in [2.05, 4.69) is 10.5 Å². The Morgan fingerprint density at radius 2 is 1.75 bits per heavy atom. The van der Waals surface area contributed by atoms with Gasteiger partial charge in [0.1, 0.15) is 12.4 Å². The highest BCUT2D eigenvalue weighted by atomic mass is 127. The van der Waals surface area contributed by atoms with Crippen LogP contribution in [0.3, 0.4) is 0 Å². The number of phenolic OH excluding ortho intramolecular Hbond substituents is 1. The standard InChI is InChI=1S/C23H19IN2O6/c1-31-21-10-15(12-25-26-22(28)17-7-8-18(24)19(27)11-17)4-9-20(21)32-13-14-2-5-16(6-3-14)23(29)30/h2-12,27H,13H2,1H3,(H,26,28)(H,29,30)/b25-12-. The van der Waals surface area contributed by atoms with E-state index in [1.165, 1.54) is 31.5 Å². The minimum atomic E-state index is -0.982. The SMILES string of the molecule is COc1cc(/C=N\NC(=O)c2ccc(I)c(O)c2)ccc1OCc1ccc(C(=O)O)cc1. The molecule has 0 atom stereocenters. The molecule has 0 bridgehead atoms. The molecule has 32 heavy (non-hydrogen) atoms. The quantitative estimate of drug-likeness (QED) is 0.223. The monoisotopic (exact) mass is 546 g/mol. The minimum absolute atomic E-state index is 0.0281. The molecule has 1 amide bonds. The predicted octanol–water partition coefficient (Wildman–Crippen LogP) is 4.05. The zero-order valence-electron chi connectivity index (χ0n) is 16.9. The van der Waals surface area contributed by atoms with Crippen molar-refractivity contribution in [2.45, 2.75) is 6.61 Å². The fourth-order valence-electron chi connectivity index (χ4n) is 2.67. The van der Waals surface area contributed by atoms with E-state index in [-0.39, 0.29) is 23.5 Å². The number of benzene rings is 3. The normalized spacial score (nSPS) is 10.7. The number of phenols is 1. The van der Waals surface area contributed by atoms with Gasteiger partial charge in [0, 0.05) is 5.56 Å². The second-order valence-electron chi connectivity index (χ2n) is 6.57. The highest BCUT2D eigenvalue weighted by Gasteiger charge is 2.09. The first-order valence-electron chi connectivity index (χ1n) is 9.32. The Hall–Kier alpha value is -3.60. The van der Waals surface area contributed by atoms with Crippen LogP contribution in [-0.4, -0.2) is 35.4 Å². The van der Waals surface area contributed by atoms with Crippen LogP contribution in [0, 0.1) is 3.57 Å². The molecule has 0 heterocycles. The molecule has 164 valence electrons. The second kappa shape index (κ2) is 10.6. The van der Waals surface area contributed by atoms with E-state index in [0.717, 1.165) is 5.56 Å². The molecule has 8 nitrogen and oxygen atoms in total. The third-order valence-corrected chi connectivity index (χ3v) is 5.28. The molecule has 0 fully saturated rings. The summed E-state index contributed by atoms with van der Waals surface area (Å²) in [5.74, 6) is -0.422. The van der Waals surface area contributed by atoms with Crippen molar-refractivity contribution in [3.63, 3.8) is 0 Å². The molecule has 0 aliphatic heterocycles. The average Bonchev–Trinajstić information content (AvgIpc) is 2.80. The lowest BCUT2D eigenvalue weighted by molar-refractivity contribution is 0.0696. The summed E-state index contributed by atoms with van der Waals surface area (Å²) < 4.78 is 11.8. The van der Waals surface area contributed by atoms with Crippen LogP contribution in [0.1, 0.15) is 31.8 Å². The Morgan fingerprint density at radius 1 is 1.03 bits per heavy atom. The van der Waals surface area contributed by atoms with Gasteiger partial charge in [0.05, 0.1) is 22.5 Å². The maximum absolute atomic E-state index is 12.1. The van der Waals surface area contributed by atoms with E-state index in [1.807, 2.05) is 22.6 Å². The first kappa shape index (κ1) is 23.1. The van der Waals surface area contributed by atoms with Gasteiger partial charge >= 0.3 is 5.97 Å². The van der Waals surface area contributed by atoms with Crippen molar-refractivity contribution in [2.75, 3.05) is 7.11 Å². The molecule has 0 aliphatic rings. The highest BCUT2D eigenvalue weighted by molar-refractivity contribution is 14.1. The largest absolute Gasteiger partial charge is 0.507 e. The van der Waals surface area contributed by atoms with Crippen LogP contribution in [-0.2, 0) is 6.61 Å². The van der Waals surface area contributed by atoms with E-state index >= 15 is 0 Å². The van der Waals surface area contributed by atoms with Crippen molar-refractivity contribution in [3.05, 3.63) is 86.5 Å². The van der Waals surface area contributed by atoms with E-state index in [9.17, 15) is 14.7 Å². The number of rotatable bonds is 8. The van der Waals surface area contributed by atoms with Gasteiger partial charge in [0.25, 0.3) is 5.91 Å². The molecule has 9 heteroatoms. The zero-order valence-corrected chi connectivity index (χ0v) is 19.1. The zero-order chi connectivity index (χ0) is 23.1. The summed E-state index contributed by atoms with van der Waals surface area (Å²) >= 11 is 1.97. The van der Waals surface area contributed by atoms with Gasteiger partial charge in [-0.15, -0.1) is 0 Å². The molecular formula is C23H19IN2O6. The van der Waals surface area contributed by atoms with Crippen molar-refractivity contribution in [3.8, 4) is 17.2 Å². The number of amides is 1. The number of carbonyl (C=O) groups is 2. The van der Waals surface area contributed by atoms with Crippen molar-refractivity contribution >= 4 is 40.7 Å². The molecule has 3 N–H and O–H groups in total. The predicted molar refractivity (Wildman–Crippen MR) is 127 cm³/mol. The molecule has 3 aromatic carbocycles. The fourth-order valence-corrected chi connectivity index (χ4v) is 3.01. The van der Waals surface area contributed by atoms with Crippen molar-refractivity contribution < 1.29 is 29.3 Å². The molecule has 0 unspecified atom stereocenters. The van der Waals surface area contributed by atoms with Crippen LogP contribution >= 0.6 is 22.6 Å². The number of ether oxygens (including phenoxy) is 2. The van der Waals surface area contributed by atoms with Gasteiger partial charge in [-0.05, 0) is 82.2 Å². The number of aromatic carboxylic acids is 1. The second-order valence-corrected chi connectivity index (χ2v) is 7.73. The molecular weight excluding hydrogens is 527 g/mol. The topological polar surface area (TPSA) is 117 Å². The lowest BCUT2D eigenvalue weighted by Gasteiger charge is -2.11. The number of hydrazone groups is 1. The first-order valence-corrected chi connectivity index (χ1v) is 10.4. The molecule has 0 saturated carbocycles. The van der Waals surface area contributed by atoms with Crippen LogP contribution in [0.25, 0.3) is 0 Å². The van der Waals surface area contributed by atoms with Crippen molar-refractivity contribution in [1.29, 1.82) is 0 Å². The lowest BCUT2D eigenvalue weighted by Crippen LogP contribution is -2.17. The number of carbonyl (C=O) groups excluding carboxylic acids is 1. The summed E-state index contributed by atoms with van der Waals surface area (Å²) in [6.45, 7) is 0.239. The number of hydrogen-bond donors (Lipinski definition) is 3. The van der Waals surface area contributed by atoms with Crippen molar-refractivity contribution in [2.24, 2.45) is 5.10 Å². The first-order chi connectivity index (χ1) is 15.4. The highest BCUT2D eigenvalue weighted by Crippen LogP contribution is 2.28. The van der Waals surface area contributed by atoms with Crippen LogP contribution in [0.2, 0.25) is 0 Å². The Labute approximate surface area is 197 Å². The minimum Gasteiger partial charge on any atom is -0.507 e. The number of hydrogen-bond acceptors (Lipinski definition) is 6. The van der Waals surface area contributed by atoms with Gasteiger partial charge in [-0.25, -0.2) is 10.2 Å². The number of nitrogens with one attached hydrogen (secondary N) is 1. The van der Waals surface area contributed by atoms with Crippen LogP contribution in [0.15, 0.2) is 65.8 Å². The van der Waals surface area contributed by atoms with Crippen LogP contribution in [0.4, 0.5) is 0 Å². The number of nitrogens with zero attached hydrogens (tertiary/aromatic N) is 1. The number of aromatic hydroxyl groups is 1. The van der Waals surface area contributed by atoms with E-state index < -0.39 is 11.9 Å². The van der Waals surface area contributed by atoms with Crippen LogP contribution < -0.4 is 14.9 Å². The fraction of sp³-hybridized carbons (Fsp3) is 0.0870. The van der Waals surface area contributed by atoms with Gasteiger partial charge in [-0.1, -0.05) is 12.1 Å². The average molecular weight is 546 g/mol. The summed E-state index contributed by atoms with van der Waals surface area (Å²) in [6.07, 6.45) is 1.46. The summed E-state index contributed by atoms with van der Waals surface area (Å²) in [5.41, 5.74) is 4.39. The summed E-state index contributed by atoms with van der Waals surface area (Å²) in [6, 6.07) is 16.2. The molecule has 0 aliphatic carbocycles. The third-order valence-electron chi connectivity index (χ3n) is 4.37. The van der Waals surface area contributed by atoms with Crippen LogP contribution in [0.5, 0.6) is 17.2 Å². The maximum atomic E-state index is 12.1. The van der Waals surface area contributed by atoms with Gasteiger partial charge in [0.2, 0.25) is 0 Å². The number of carboxylic acid groups (broad SMARTS) is 1. The van der Waals surface area contributed by atoms with Gasteiger partial charge in [-0.2, -0.15) is 5.10 Å². The Bertz CT molecular complexity index is 1160. The number of carboxylic acids is 1. The van der Waals surface area contributed by atoms with Gasteiger partial charge in [0.15, 0.2) is 11.5 Å². The molecule has 0 spiro atoms. The lowest BCUT2D eigenvalue weighted by atomic mass is 10.1. The summed E-state index contributed by atoms with van der Waals surface area (Å²) in [5, 5.41) is 22.6. The summed E-state index contributed by atoms with van der Waals surface area (Å²) in [7, 11) is 1.51. The number of halogens is 1. The molecule has 3 aromatic rings. The van der Waals surface area contributed by atoms with E-state index in [1.54, 1.807) is 42.5 Å².